The third kappa shape index (κ3) is 4.98. The van der Waals surface area contributed by atoms with Gasteiger partial charge in [-0.25, -0.2) is 13.4 Å². The first-order chi connectivity index (χ1) is 15.7. The van der Waals surface area contributed by atoms with Gasteiger partial charge in [-0.1, -0.05) is 23.2 Å². The molecule has 4 rings (SSSR count). The number of fused-ring (bicyclic) bond motifs is 1. The molecule has 1 saturated heterocycles. The van der Waals surface area contributed by atoms with Crippen LogP contribution in [0, 0.1) is 6.92 Å². The van der Waals surface area contributed by atoms with Crippen molar-refractivity contribution in [2.24, 2.45) is 0 Å². The number of aromatic nitrogens is 2. The molecule has 1 aliphatic heterocycles. The van der Waals surface area contributed by atoms with Crippen molar-refractivity contribution in [3.05, 3.63) is 57.3 Å². The number of carbonyl (C=O) groups excluding carboxylic acids is 1. The molecule has 0 aliphatic carbocycles. The number of hydrogen-bond acceptors (Lipinski definition) is 8. The molecular formula is C21H21Cl2N5O4S. The smallest absolute Gasteiger partial charge is 0.274 e. The lowest BCUT2D eigenvalue weighted by atomic mass is 10.1. The minimum atomic E-state index is -3.42. The van der Waals surface area contributed by atoms with E-state index >= 15 is 0 Å². The van der Waals surface area contributed by atoms with Crippen molar-refractivity contribution in [2.75, 3.05) is 29.7 Å². The average molecular weight is 510 g/mol. The normalized spacial score (nSPS) is 15.9. The largest absolute Gasteiger partial charge is 0.504 e. The van der Waals surface area contributed by atoms with Crippen molar-refractivity contribution in [3.63, 3.8) is 0 Å². The first-order valence-corrected chi connectivity index (χ1v) is 12.6. The molecule has 0 radical (unpaired) electrons. The molecule has 1 aromatic carbocycles. The third-order valence-corrected chi connectivity index (χ3v) is 7.39. The SMILES string of the molecule is Cc1c(Cl)cc(CNC(=O)c2nc(N3CCNCS(=O)(=O)C3)c3cccnc3c2O)cc1Cl. The summed E-state index contributed by atoms with van der Waals surface area (Å²) in [5.74, 6) is -1.20. The molecule has 2 aromatic heterocycles. The summed E-state index contributed by atoms with van der Waals surface area (Å²) in [5, 5.41) is 17.7. The van der Waals surface area contributed by atoms with E-state index in [-0.39, 0.29) is 41.1 Å². The molecule has 9 nitrogen and oxygen atoms in total. The van der Waals surface area contributed by atoms with E-state index in [2.05, 4.69) is 20.6 Å². The lowest BCUT2D eigenvalue weighted by Crippen LogP contribution is -2.32. The fraction of sp³-hybridized carbons (Fsp3) is 0.286. The Kier molecular flexibility index (Phi) is 6.62. The van der Waals surface area contributed by atoms with Crippen LogP contribution in [0.3, 0.4) is 0 Å². The van der Waals surface area contributed by atoms with E-state index in [0.29, 0.717) is 34.1 Å². The molecule has 12 heteroatoms. The van der Waals surface area contributed by atoms with Crippen LogP contribution >= 0.6 is 23.2 Å². The Balaban J connectivity index is 1.70. The van der Waals surface area contributed by atoms with Gasteiger partial charge in [-0.05, 0) is 42.3 Å². The Morgan fingerprint density at radius 3 is 2.76 bits per heavy atom. The summed E-state index contributed by atoms with van der Waals surface area (Å²) < 4.78 is 24.6. The van der Waals surface area contributed by atoms with E-state index in [1.807, 2.05) is 0 Å². The number of sulfone groups is 1. The summed E-state index contributed by atoms with van der Waals surface area (Å²) in [6, 6.07) is 6.72. The maximum absolute atomic E-state index is 13.0. The van der Waals surface area contributed by atoms with Crippen molar-refractivity contribution in [1.82, 2.24) is 20.6 Å². The molecular weight excluding hydrogens is 489 g/mol. The van der Waals surface area contributed by atoms with E-state index in [9.17, 15) is 18.3 Å². The van der Waals surface area contributed by atoms with Crippen molar-refractivity contribution >= 4 is 55.7 Å². The number of anilines is 1. The molecule has 174 valence electrons. The number of benzene rings is 1. The first-order valence-electron chi connectivity index (χ1n) is 10.0. The third-order valence-electron chi connectivity index (χ3n) is 5.26. The minimum absolute atomic E-state index is 0.0945. The number of carbonyl (C=O) groups is 1. The van der Waals surface area contributed by atoms with Gasteiger partial charge in [-0.15, -0.1) is 0 Å². The van der Waals surface area contributed by atoms with Gasteiger partial charge in [0.15, 0.2) is 21.3 Å². The first kappa shape index (κ1) is 23.5. The van der Waals surface area contributed by atoms with Crippen LogP contribution in [0.1, 0.15) is 21.6 Å². The highest BCUT2D eigenvalue weighted by Gasteiger charge is 2.27. The second kappa shape index (κ2) is 9.30. The lowest BCUT2D eigenvalue weighted by molar-refractivity contribution is 0.0943. The number of pyridine rings is 2. The van der Waals surface area contributed by atoms with Crippen LogP contribution in [0.4, 0.5) is 5.82 Å². The Morgan fingerprint density at radius 1 is 1.30 bits per heavy atom. The molecule has 1 fully saturated rings. The summed E-state index contributed by atoms with van der Waals surface area (Å²) in [6.45, 7) is 2.65. The molecule has 1 amide bonds. The minimum Gasteiger partial charge on any atom is -0.504 e. The number of nitrogens with one attached hydrogen (secondary N) is 2. The van der Waals surface area contributed by atoms with Crippen molar-refractivity contribution in [3.8, 4) is 5.75 Å². The van der Waals surface area contributed by atoms with Gasteiger partial charge in [-0.3, -0.25) is 9.78 Å². The number of halogens is 2. The quantitative estimate of drug-likeness (QED) is 0.490. The van der Waals surface area contributed by atoms with E-state index in [4.69, 9.17) is 23.2 Å². The highest BCUT2D eigenvalue weighted by molar-refractivity contribution is 7.91. The highest BCUT2D eigenvalue weighted by atomic mass is 35.5. The lowest BCUT2D eigenvalue weighted by Gasteiger charge is -2.23. The molecule has 1 aliphatic rings. The molecule has 3 N–H and O–H groups in total. The molecule has 0 bridgehead atoms. The van der Waals surface area contributed by atoms with Gasteiger partial charge in [0, 0.05) is 41.3 Å². The molecule has 0 saturated carbocycles. The maximum atomic E-state index is 13.0. The fourth-order valence-corrected chi connectivity index (χ4v) is 5.33. The number of aromatic hydroxyl groups is 1. The van der Waals surface area contributed by atoms with Gasteiger partial charge >= 0.3 is 0 Å². The van der Waals surface area contributed by atoms with Gasteiger partial charge < -0.3 is 20.6 Å². The van der Waals surface area contributed by atoms with E-state index < -0.39 is 15.7 Å². The Hall–Kier alpha value is -2.66. The summed E-state index contributed by atoms with van der Waals surface area (Å²) in [4.78, 5) is 23.1. The standard InChI is InChI=1S/C21H21Cl2N5O4S/c1-12-15(22)7-13(8-16(12)23)9-26-21(30)18-19(29)17-14(3-2-4-25-17)20(27-18)28-6-5-24-10-33(31,32)11-28/h2-4,7-8,24,29H,5-6,9-11H2,1H3,(H,26,30). The number of hydrogen-bond donors (Lipinski definition) is 3. The van der Waals surface area contributed by atoms with Gasteiger partial charge in [-0.2, -0.15) is 0 Å². The monoisotopic (exact) mass is 509 g/mol. The van der Waals surface area contributed by atoms with Crippen LogP contribution in [-0.2, 0) is 16.4 Å². The van der Waals surface area contributed by atoms with Crippen molar-refractivity contribution < 1.29 is 18.3 Å². The molecule has 33 heavy (non-hydrogen) atoms. The van der Waals surface area contributed by atoms with E-state index in [0.717, 1.165) is 5.56 Å². The van der Waals surface area contributed by atoms with Gasteiger partial charge in [0.25, 0.3) is 5.91 Å². The van der Waals surface area contributed by atoms with Crippen LogP contribution in [-0.4, -0.2) is 54.2 Å². The Bertz CT molecular complexity index is 1330. The van der Waals surface area contributed by atoms with Crippen molar-refractivity contribution in [2.45, 2.75) is 13.5 Å². The van der Waals surface area contributed by atoms with Crippen molar-refractivity contribution in [1.29, 1.82) is 0 Å². The Morgan fingerprint density at radius 2 is 2.03 bits per heavy atom. The average Bonchev–Trinajstić information content (AvgIpc) is 2.96. The summed E-state index contributed by atoms with van der Waals surface area (Å²) in [7, 11) is -3.42. The topological polar surface area (TPSA) is 125 Å². The highest BCUT2D eigenvalue weighted by Crippen LogP contribution is 2.33. The predicted octanol–water partition coefficient (Wildman–Crippen LogP) is 2.62. The maximum Gasteiger partial charge on any atom is 0.274 e. The molecule has 0 spiro atoms. The predicted molar refractivity (Wildman–Crippen MR) is 128 cm³/mol. The van der Waals surface area contributed by atoms with Crippen LogP contribution < -0.4 is 15.5 Å². The van der Waals surface area contributed by atoms with Crippen LogP contribution in [0.15, 0.2) is 30.5 Å². The summed E-state index contributed by atoms with van der Waals surface area (Å²) >= 11 is 12.3. The second-order valence-corrected chi connectivity index (χ2v) is 10.5. The van der Waals surface area contributed by atoms with Gasteiger partial charge in [0.05, 0.1) is 0 Å². The molecule has 0 unspecified atom stereocenters. The second-order valence-electron chi connectivity index (χ2n) is 7.68. The summed E-state index contributed by atoms with van der Waals surface area (Å²) in [5.41, 5.74) is 1.31. The zero-order chi connectivity index (χ0) is 23.8. The van der Waals surface area contributed by atoms with Gasteiger partial charge in [0.2, 0.25) is 0 Å². The van der Waals surface area contributed by atoms with Gasteiger partial charge in [0.1, 0.15) is 23.1 Å². The van der Waals surface area contributed by atoms with Crippen LogP contribution in [0.25, 0.3) is 10.9 Å². The number of nitrogens with zero attached hydrogens (tertiary/aromatic N) is 3. The molecule has 0 atom stereocenters. The van der Waals surface area contributed by atoms with Crippen LogP contribution in [0.2, 0.25) is 10.0 Å². The molecule has 3 aromatic rings. The molecule has 3 heterocycles. The number of amides is 1. The zero-order valence-corrected chi connectivity index (χ0v) is 19.9. The Labute approximate surface area is 200 Å². The van der Waals surface area contributed by atoms with E-state index in [1.54, 1.807) is 36.1 Å². The van der Waals surface area contributed by atoms with E-state index in [1.165, 1.54) is 6.20 Å². The fourth-order valence-electron chi connectivity index (χ4n) is 3.53. The zero-order valence-electron chi connectivity index (χ0n) is 17.6. The summed E-state index contributed by atoms with van der Waals surface area (Å²) in [6.07, 6.45) is 1.48. The number of rotatable bonds is 4. The van der Waals surface area contributed by atoms with Crippen LogP contribution in [0.5, 0.6) is 5.75 Å².